The monoisotopic (exact) mass is 398 g/mol. The molecule has 0 saturated heterocycles. The van der Waals surface area contributed by atoms with Crippen LogP contribution in [0, 0.1) is 6.92 Å². The van der Waals surface area contributed by atoms with Crippen molar-refractivity contribution in [2.75, 3.05) is 11.9 Å². The standard InChI is InChI=1S/C14H12Br2N2O2/c1-9-6-10(15)14(11(16)7-9)18-12(19)8-20-13-4-2-3-5-17-13/h2-7H,8H2,1H3,(H,18,19). The lowest BCUT2D eigenvalue weighted by atomic mass is 10.2. The van der Waals surface area contributed by atoms with Crippen molar-refractivity contribution in [2.24, 2.45) is 0 Å². The molecule has 2 rings (SSSR count). The predicted molar refractivity (Wildman–Crippen MR) is 84.9 cm³/mol. The first-order chi connectivity index (χ1) is 9.56. The number of nitrogens with zero attached hydrogens (tertiary/aromatic N) is 1. The van der Waals surface area contributed by atoms with Gasteiger partial charge in [-0.1, -0.05) is 6.07 Å². The van der Waals surface area contributed by atoms with Gasteiger partial charge in [0.2, 0.25) is 5.88 Å². The van der Waals surface area contributed by atoms with Gasteiger partial charge in [0.25, 0.3) is 5.91 Å². The average molecular weight is 400 g/mol. The van der Waals surface area contributed by atoms with Crippen LogP contribution in [0.4, 0.5) is 5.69 Å². The first-order valence-electron chi connectivity index (χ1n) is 5.85. The third-order valence-corrected chi connectivity index (χ3v) is 3.69. The van der Waals surface area contributed by atoms with E-state index in [0.717, 1.165) is 14.5 Å². The van der Waals surface area contributed by atoms with Crippen LogP contribution in [0.2, 0.25) is 0 Å². The van der Waals surface area contributed by atoms with Crippen LogP contribution in [-0.2, 0) is 4.79 Å². The first kappa shape index (κ1) is 15.0. The number of carbonyl (C=O) groups excluding carboxylic acids is 1. The minimum atomic E-state index is -0.249. The highest BCUT2D eigenvalue weighted by atomic mass is 79.9. The fraction of sp³-hybridized carbons (Fsp3) is 0.143. The minimum Gasteiger partial charge on any atom is -0.468 e. The Morgan fingerprint density at radius 1 is 1.30 bits per heavy atom. The number of carbonyl (C=O) groups is 1. The molecule has 1 heterocycles. The van der Waals surface area contributed by atoms with Crippen molar-refractivity contribution in [1.82, 2.24) is 4.98 Å². The zero-order chi connectivity index (χ0) is 14.5. The van der Waals surface area contributed by atoms with E-state index in [9.17, 15) is 4.79 Å². The summed E-state index contributed by atoms with van der Waals surface area (Å²) in [6.07, 6.45) is 1.61. The van der Waals surface area contributed by atoms with Crippen molar-refractivity contribution >= 4 is 43.5 Å². The van der Waals surface area contributed by atoms with E-state index in [1.165, 1.54) is 0 Å². The van der Waals surface area contributed by atoms with Crippen molar-refractivity contribution in [1.29, 1.82) is 0 Å². The Balaban J connectivity index is 1.98. The van der Waals surface area contributed by atoms with Gasteiger partial charge in [-0.15, -0.1) is 0 Å². The molecule has 0 fully saturated rings. The SMILES string of the molecule is Cc1cc(Br)c(NC(=O)COc2ccccn2)c(Br)c1. The maximum Gasteiger partial charge on any atom is 0.262 e. The molecule has 0 saturated carbocycles. The van der Waals surface area contributed by atoms with Gasteiger partial charge in [-0.3, -0.25) is 4.79 Å². The number of aromatic nitrogens is 1. The van der Waals surface area contributed by atoms with E-state index in [2.05, 4.69) is 42.2 Å². The van der Waals surface area contributed by atoms with Crippen LogP contribution in [0.25, 0.3) is 0 Å². The summed E-state index contributed by atoms with van der Waals surface area (Å²) < 4.78 is 6.92. The van der Waals surface area contributed by atoms with Crippen LogP contribution in [0.1, 0.15) is 5.56 Å². The lowest BCUT2D eigenvalue weighted by Gasteiger charge is -2.11. The molecule has 1 aromatic heterocycles. The molecular weight excluding hydrogens is 388 g/mol. The summed E-state index contributed by atoms with van der Waals surface area (Å²) in [4.78, 5) is 15.9. The largest absolute Gasteiger partial charge is 0.468 e. The van der Waals surface area contributed by atoms with Gasteiger partial charge in [-0.2, -0.15) is 0 Å². The summed E-state index contributed by atoms with van der Waals surface area (Å²) >= 11 is 6.85. The van der Waals surface area contributed by atoms with Gasteiger partial charge < -0.3 is 10.1 Å². The van der Waals surface area contributed by atoms with Crippen LogP contribution in [0.15, 0.2) is 45.5 Å². The predicted octanol–water partition coefficient (Wildman–Crippen LogP) is 3.93. The van der Waals surface area contributed by atoms with E-state index in [1.54, 1.807) is 24.4 Å². The lowest BCUT2D eigenvalue weighted by Crippen LogP contribution is -2.21. The number of anilines is 1. The van der Waals surface area contributed by atoms with Gasteiger partial charge in [0, 0.05) is 21.2 Å². The van der Waals surface area contributed by atoms with Crippen LogP contribution >= 0.6 is 31.9 Å². The van der Waals surface area contributed by atoms with Crippen molar-refractivity contribution < 1.29 is 9.53 Å². The molecule has 2 aromatic rings. The third-order valence-electron chi connectivity index (χ3n) is 2.44. The Labute approximate surface area is 133 Å². The number of hydrogen-bond acceptors (Lipinski definition) is 3. The number of hydrogen-bond donors (Lipinski definition) is 1. The van der Waals surface area contributed by atoms with Crippen LogP contribution in [0.5, 0.6) is 5.88 Å². The maximum absolute atomic E-state index is 11.9. The Morgan fingerprint density at radius 2 is 2.00 bits per heavy atom. The van der Waals surface area contributed by atoms with Crippen molar-refractivity contribution in [3.8, 4) is 5.88 Å². The molecule has 20 heavy (non-hydrogen) atoms. The molecule has 6 heteroatoms. The van der Waals surface area contributed by atoms with Gasteiger partial charge in [0.05, 0.1) is 5.69 Å². The summed E-state index contributed by atoms with van der Waals surface area (Å²) in [5, 5.41) is 2.79. The fourth-order valence-corrected chi connectivity index (χ4v) is 3.18. The van der Waals surface area contributed by atoms with Crippen molar-refractivity contribution in [2.45, 2.75) is 6.92 Å². The average Bonchev–Trinajstić information content (AvgIpc) is 2.42. The third kappa shape index (κ3) is 4.05. The van der Waals surface area contributed by atoms with Gasteiger partial charge in [-0.05, 0) is 62.5 Å². The summed E-state index contributed by atoms with van der Waals surface area (Å²) in [6, 6.07) is 9.14. The van der Waals surface area contributed by atoms with Crippen molar-refractivity contribution in [3.05, 3.63) is 51.0 Å². The van der Waals surface area contributed by atoms with Crippen molar-refractivity contribution in [3.63, 3.8) is 0 Å². The number of nitrogens with one attached hydrogen (secondary N) is 1. The molecule has 0 aliphatic carbocycles. The van der Waals surface area contributed by atoms with Crippen LogP contribution in [-0.4, -0.2) is 17.5 Å². The van der Waals surface area contributed by atoms with Gasteiger partial charge in [0.15, 0.2) is 6.61 Å². The van der Waals surface area contributed by atoms with E-state index in [-0.39, 0.29) is 12.5 Å². The highest BCUT2D eigenvalue weighted by molar-refractivity contribution is 9.11. The van der Waals surface area contributed by atoms with Gasteiger partial charge in [0.1, 0.15) is 0 Å². The van der Waals surface area contributed by atoms with Gasteiger partial charge >= 0.3 is 0 Å². The normalized spacial score (nSPS) is 10.2. The van der Waals surface area contributed by atoms with E-state index in [0.29, 0.717) is 11.6 Å². The number of aryl methyl sites for hydroxylation is 1. The first-order valence-corrected chi connectivity index (χ1v) is 7.44. The molecule has 0 aliphatic heterocycles. The summed E-state index contributed by atoms with van der Waals surface area (Å²) in [7, 11) is 0. The molecular formula is C14H12Br2N2O2. The summed E-state index contributed by atoms with van der Waals surface area (Å²) in [5.41, 5.74) is 1.77. The summed E-state index contributed by atoms with van der Waals surface area (Å²) in [5.74, 6) is 0.172. The molecule has 0 aliphatic rings. The van der Waals surface area contributed by atoms with E-state index < -0.39 is 0 Å². The van der Waals surface area contributed by atoms with Crippen LogP contribution in [0.3, 0.4) is 0 Å². The molecule has 1 aromatic carbocycles. The molecule has 1 amide bonds. The Hall–Kier alpha value is -1.40. The second-order valence-corrected chi connectivity index (χ2v) is 5.82. The highest BCUT2D eigenvalue weighted by Crippen LogP contribution is 2.32. The molecule has 0 bridgehead atoms. The maximum atomic E-state index is 11.9. The molecule has 1 N–H and O–H groups in total. The quantitative estimate of drug-likeness (QED) is 0.847. The molecule has 104 valence electrons. The number of ether oxygens (including phenoxy) is 1. The van der Waals surface area contributed by atoms with Crippen LogP contribution < -0.4 is 10.1 Å². The second-order valence-electron chi connectivity index (χ2n) is 4.11. The summed E-state index contributed by atoms with van der Waals surface area (Å²) in [6.45, 7) is 1.88. The number of halogens is 2. The van der Waals surface area contributed by atoms with E-state index >= 15 is 0 Å². The Kier molecular flexibility index (Phi) is 5.14. The molecule has 0 radical (unpaired) electrons. The Bertz CT molecular complexity index is 595. The lowest BCUT2D eigenvalue weighted by molar-refractivity contribution is -0.118. The minimum absolute atomic E-state index is 0.0935. The Morgan fingerprint density at radius 3 is 2.60 bits per heavy atom. The number of benzene rings is 1. The fourth-order valence-electron chi connectivity index (χ4n) is 1.57. The number of rotatable bonds is 4. The molecule has 0 spiro atoms. The zero-order valence-electron chi connectivity index (χ0n) is 10.7. The molecule has 4 nitrogen and oxygen atoms in total. The zero-order valence-corrected chi connectivity index (χ0v) is 13.9. The smallest absolute Gasteiger partial charge is 0.262 e. The van der Waals surface area contributed by atoms with E-state index in [1.807, 2.05) is 19.1 Å². The topological polar surface area (TPSA) is 51.2 Å². The second kappa shape index (κ2) is 6.85. The number of amides is 1. The highest BCUT2D eigenvalue weighted by Gasteiger charge is 2.10. The molecule has 0 unspecified atom stereocenters. The molecule has 0 atom stereocenters. The van der Waals surface area contributed by atoms with E-state index in [4.69, 9.17) is 4.74 Å². The van der Waals surface area contributed by atoms with Gasteiger partial charge in [-0.25, -0.2) is 4.98 Å². The number of pyridine rings is 1.